The third kappa shape index (κ3) is 3.26. The van der Waals surface area contributed by atoms with Crippen LogP contribution in [0.1, 0.15) is 0 Å². The fourth-order valence-electron chi connectivity index (χ4n) is 1.92. The second kappa shape index (κ2) is 5.90. The summed E-state index contributed by atoms with van der Waals surface area (Å²) in [6.45, 7) is 2.57. The van der Waals surface area contributed by atoms with E-state index >= 15 is 0 Å². The van der Waals surface area contributed by atoms with Crippen molar-refractivity contribution in [3.05, 3.63) is 24.3 Å². The maximum absolute atomic E-state index is 12.4. The second-order valence-corrected chi connectivity index (χ2v) is 6.52. The van der Waals surface area contributed by atoms with Crippen molar-refractivity contribution in [3.8, 4) is 0 Å². The van der Waals surface area contributed by atoms with Gasteiger partial charge in [-0.1, -0.05) is 0 Å². The molecule has 5 nitrogen and oxygen atoms in total. The molecule has 1 aliphatic rings. The highest BCUT2D eigenvalue weighted by Crippen LogP contribution is 2.20. The van der Waals surface area contributed by atoms with Crippen molar-refractivity contribution < 1.29 is 8.42 Å². The molecule has 1 heterocycles. The first-order valence-corrected chi connectivity index (χ1v) is 7.75. The van der Waals surface area contributed by atoms with Crippen molar-refractivity contribution in [2.45, 2.75) is 4.90 Å². The number of rotatable bonds is 3. The molecular weight excluding hydrogens is 282 g/mol. The van der Waals surface area contributed by atoms with E-state index in [9.17, 15) is 8.42 Å². The molecule has 102 valence electrons. The maximum Gasteiger partial charge on any atom is 0.243 e. The van der Waals surface area contributed by atoms with Crippen LogP contribution in [0.3, 0.4) is 0 Å². The molecule has 0 bridgehead atoms. The zero-order valence-electron chi connectivity index (χ0n) is 10.6. The number of likely N-dealkylation sites (N-methyl/N-ethyl adjacent to an activating group) is 1. The van der Waals surface area contributed by atoms with E-state index in [2.05, 4.69) is 27.3 Å². The number of benzene rings is 1. The number of isothiocyanates is 1. The molecule has 0 saturated carbocycles. The number of hydrogen-bond acceptors (Lipinski definition) is 5. The Kier molecular flexibility index (Phi) is 4.44. The predicted octanol–water partition coefficient (Wildman–Crippen LogP) is 1.36. The molecule has 0 atom stereocenters. The predicted molar refractivity (Wildman–Crippen MR) is 77.4 cm³/mol. The zero-order valence-corrected chi connectivity index (χ0v) is 12.2. The molecule has 7 heteroatoms. The van der Waals surface area contributed by atoms with Crippen LogP contribution in [0.15, 0.2) is 34.2 Å². The first kappa shape index (κ1) is 14.3. The lowest BCUT2D eigenvalue weighted by molar-refractivity contribution is 0.222. The quantitative estimate of drug-likeness (QED) is 0.624. The van der Waals surface area contributed by atoms with Gasteiger partial charge in [-0.15, -0.1) is 0 Å². The maximum atomic E-state index is 12.4. The largest absolute Gasteiger partial charge is 0.304 e. The van der Waals surface area contributed by atoms with Gasteiger partial charge < -0.3 is 4.90 Å². The first-order chi connectivity index (χ1) is 9.04. The Hall–Kier alpha value is -1.11. The normalized spacial score (nSPS) is 17.9. The molecule has 2 rings (SSSR count). The van der Waals surface area contributed by atoms with E-state index < -0.39 is 10.0 Å². The van der Waals surface area contributed by atoms with Gasteiger partial charge in [0.2, 0.25) is 10.0 Å². The van der Waals surface area contributed by atoms with Gasteiger partial charge in [0.1, 0.15) is 0 Å². The van der Waals surface area contributed by atoms with Crippen LogP contribution in [0.4, 0.5) is 5.69 Å². The molecule has 1 aromatic carbocycles. The van der Waals surface area contributed by atoms with Gasteiger partial charge in [0.15, 0.2) is 0 Å². The minimum Gasteiger partial charge on any atom is -0.304 e. The lowest BCUT2D eigenvalue weighted by Crippen LogP contribution is -2.46. The molecule has 19 heavy (non-hydrogen) atoms. The van der Waals surface area contributed by atoms with E-state index in [-0.39, 0.29) is 0 Å². The van der Waals surface area contributed by atoms with Gasteiger partial charge in [0.05, 0.1) is 15.7 Å². The van der Waals surface area contributed by atoms with Gasteiger partial charge >= 0.3 is 0 Å². The van der Waals surface area contributed by atoms with Crippen molar-refractivity contribution in [3.63, 3.8) is 0 Å². The summed E-state index contributed by atoms with van der Waals surface area (Å²) in [7, 11) is -1.41. The van der Waals surface area contributed by atoms with Crippen molar-refractivity contribution >= 4 is 33.1 Å². The van der Waals surface area contributed by atoms with E-state index in [0.29, 0.717) is 23.7 Å². The summed E-state index contributed by atoms with van der Waals surface area (Å²) in [5.41, 5.74) is 0.604. The molecule has 0 radical (unpaired) electrons. The van der Waals surface area contributed by atoms with Crippen LogP contribution in [0.25, 0.3) is 0 Å². The van der Waals surface area contributed by atoms with Crippen molar-refractivity contribution in [2.24, 2.45) is 4.99 Å². The van der Waals surface area contributed by atoms with Crippen LogP contribution >= 0.6 is 12.2 Å². The third-order valence-corrected chi connectivity index (χ3v) is 5.12. The monoisotopic (exact) mass is 297 g/mol. The van der Waals surface area contributed by atoms with E-state index in [1.807, 2.05) is 7.05 Å². The lowest BCUT2D eigenvalue weighted by atomic mass is 10.3. The third-order valence-electron chi connectivity index (χ3n) is 3.11. The van der Waals surface area contributed by atoms with Crippen molar-refractivity contribution in [1.82, 2.24) is 9.21 Å². The molecule has 0 spiro atoms. The summed E-state index contributed by atoms with van der Waals surface area (Å²) in [4.78, 5) is 6.21. The Bertz CT molecular complexity index is 584. The molecule has 0 aromatic heterocycles. The van der Waals surface area contributed by atoms with Crippen LogP contribution in [-0.4, -0.2) is 56.0 Å². The standard InChI is InChI=1S/C12H15N3O2S2/c1-14-6-8-15(9-7-14)19(16,17)12-4-2-11(3-5-12)13-10-18/h2-5H,6-9H2,1H3. The van der Waals surface area contributed by atoms with Gasteiger partial charge in [0, 0.05) is 26.2 Å². The van der Waals surface area contributed by atoms with Crippen LogP contribution in [-0.2, 0) is 10.0 Å². The molecule has 1 saturated heterocycles. The van der Waals surface area contributed by atoms with Crippen molar-refractivity contribution in [1.29, 1.82) is 0 Å². The minimum absolute atomic E-state index is 0.292. The summed E-state index contributed by atoms with van der Waals surface area (Å²) in [5.74, 6) is 0. The van der Waals surface area contributed by atoms with E-state index in [0.717, 1.165) is 13.1 Å². The Morgan fingerprint density at radius 2 is 1.74 bits per heavy atom. The molecular formula is C12H15N3O2S2. The fraction of sp³-hybridized carbons (Fsp3) is 0.417. The summed E-state index contributed by atoms with van der Waals surface area (Å²) >= 11 is 4.51. The summed E-state index contributed by atoms with van der Waals surface area (Å²) in [6, 6.07) is 6.36. The Balaban J connectivity index is 2.21. The zero-order chi connectivity index (χ0) is 13.9. The van der Waals surface area contributed by atoms with E-state index in [4.69, 9.17) is 0 Å². The van der Waals surface area contributed by atoms with Gasteiger partial charge in [-0.2, -0.15) is 9.30 Å². The van der Waals surface area contributed by atoms with Crippen LogP contribution in [0, 0.1) is 0 Å². The van der Waals surface area contributed by atoms with Crippen LogP contribution < -0.4 is 0 Å². The molecule has 0 N–H and O–H groups in total. The molecule has 0 aliphatic carbocycles. The van der Waals surface area contributed by atoms with Gasteiger partial charge in [-0.25, -0.2) is 8.42 Å². The highest BCUT2D eigenvalue weighted by molar-refractivity contribution is 7.89. The van der Waals surface area contributed by atoms with Crippen LogP contribution in [0.2, 0.25) is 0 Å². The smallest absolute Gasteiger partial charge is 0.243 e. The second-order valence-electron chi connectivity index (χ2n) is 4.40. The topological polar surface area (TPSA) is 53.0 Å². The highest BCUT2D eigenvalue weighted by atomic mass is 32.2. The number of sulfonamides is 1. The molecule has 1 fully saturated rings. The van der Waals surface area contributed by atoms with Gasteiger partial charge in [-0.05, 0) is 43.5 Å². The SMILES string of the molecule is CN1CCN(S(=O)(=O)c2ccc(N=C=S)cc2)CC1. The fourth-order valence-corrected chi connectivity index (χ4v) is 3.45. The summed E-state index contributed by atoms with van der Waals surface area (Å²) < 4.78 is 26.3. The number of thiocarbonyl (C=S) groups is 1. The first-order valence-electron chi connectivity index (χ1n) is 5.90. The van der Waals surface area contributed by atoms with Gasteiger partial charge in [-0.3, -0.25) is 0 Å². The minimum atomic E-state index is -3.40. The number of piperazine rings is 1. The Morgan fingerprint density at radius 1 is 1.16 bits per heavy atom. The average molecular weight is 297 g/mol. The van der Waals surface area contributed by atoms with E-state index in [1.54, 1.807) is 24.3 Å². The highest BCUT2D eigenvalue weighted by Gasteiger charge is 2.27. The summed E-state index contributed by atoms with van der Waals surface area (Å²) in [6.07, 6.45) is 0. The van der Waals surface area contributed by atoms with Crippen LogP contribution in [0.5, 0.6) is 0 Å². The molecule has 0 amide bonds. The summed E-state index contributed by atoms with van der Waals surface area (Å²) in [5, 5.41) is 2.25. The van der Waals surface area contributed by atoms with Crippen molar-refractivity contribution in [2.75, 3.05) is 33.2 Å². The van der Waals surface area contributed by atoms with Gasteiger partial charge in [0.25, 0.3) is 0 Å². The Labute approximate surface area is 118 Å². The molecule has 1 aliphatic heterocycles. The number of aliphatic imine (C=N–C) groups is 1. The average Bonchev–Trinajstić information content (AvgIpc) is 2.40. The molecule has 0 unspecified atom stereocenters. The number of hydrogen-bond donors (Lipinski definition) is 0. The Morgan fingerprint density at radius 3 is 2.26 bits per heavy atom. The lowest BCUT2D eigenvalue weighted by Gasteiger charge is -2.31. The number of nitrogens with zero attached hydrogens (tertiary/aromatic N) is 3. The molecule has 1 aromatic rings. The van der Waals surface area contributed by atoms with E-state index in [1.165, 1.54) is 4.31 Å².